The Labute approximate surface area is 276 Å². The van der Waals surface area contributed by atoms with Crippen molar-refractivity contribution in [2.75, 3.05) is 64.9 Å². The number of nitrogens with zero attached hydrogens (tertiary/aromatic N) is 2. The van der Waals surface area contributed by atoms with E-state index in [1.165, 1.54) is 0 Å². The number of aromatic nitrogens is 1. The fraction of sp³-hybridized carbons (Fsp3) is 0.343. The molecule has 0 aliphatic rings. The molecule has 0 saturated heterocycles. The third kappa shape index (κ3) is 12.7. The van der Waals surface area contributed by atoms with Gasteiger partial charge in [-0.15, -0.1) is 0 Å². The van der Waals surface area contributed by atoms with Crippen LogP contribution in [0.1, 0.15) is 11.1 Å². The molecule has 246 valence electrons. The van der Waals surface area contributed by atoms with Crippen LogP contribution in [0.5, 0.6) is 0 Å². The molecule has 1 heterocycles. The summed E-state index contributed by atoms with van der Waals surface area (Å²) in [6.45, 7) is 3.62. The van der Waals surface area contributed by atoms with Crippen molar-refractivity contribution in [2.45, 2.75) is 19.7 Å². The Bertz CT molecular complexity index is 1460. The summed E-state index contributed by atoms with van der Waals surface area (Å²) in [7, 11) is 1.62. The van der Waals surface area contributed by atoms with Gasteiger partial charge in [0.2, 0.25) is 5.91 Å². The Kier molecular flexibility index (Phi) is 16.5. The van der Waals surface area contributed by atoms with E-state index in [1.807, 2.05) is 77.7 Å². The molecular formula is C35H41ClN2O8. The second kappa shape index (κ2) is 20.9. The molecule has 4 rings (SSSR count). The van der Waals surface area contributed by atoms with Crippen LogP contribution in [0, 0.1) is 0 Å². The van der Waals surface area contributed by atoms with Crippen molar-refractivity contribution in [3.05, 3.63) is 108 Å². The number of fused-ring (bicyclic) bond motifs is 1. The minimum absolute atomic E-state index is 0. The predicted octanol–water partition coefficient (Wildman–Crippen LogP) is 1.71. The first-order valence-electron chi connectivity index (χ1n) is 14.9. The summed E-state index contributed by atoms with van der Waals surface area (Å²) in [5.41, 5.74) is 2.74. The Hall–Kier alpha value is -4.06. The number of benzene rings is 3. The fourth-order valence-electron chi connectivity index (χ4n) is 4.43. The van der Waals surface area contributed by atoms with Crippen LogP contribution in [0.4, 0.5) is 10.5 Å². The fourth-order valence-corrected chi connectivity index (χ4v) is 4.43. The Balaban J connectivity index is 0.00000576. The van der Waals surface area contributed by atoms with Crippen LogP contribution in [0.15, 0.2) is 97.3 Å². The van der Waals surface area contributed by atoms with Gasteiger partial charge in [-0.3, -0.25) is 4.79 Å². The lowest BCUT2D eigenvalue weighted by atomic mass is 10.1. The van der Waals surface area contributed by atoms with Crippen molar-refractivity contribution < 1.29 is 55.0 Å². The van der Waals surface area contributed by atoms with Crippen LogP contribution in [0.3, 0.4) is 0 Å². The van der Waals surface area contributed by atoms with E-state index in [0.29, 0.717) is 46.2 Å². The Morgan fingerprint density at radius 1 is 0.652 bits per heavy atom. The minimum Gasteiger partial charge on any atom is -1.00 e. The van der Waals surface area contributed by atoms with Gasteiger partial charge in [-0.1, -0.05) is 60.7 Å². The third-order valence-electron chi connectivity index (χ3n) is 6.80. The van der Waals surface area contributed by atoms with E-state index >= 15 is 0 Å². The normalized spacial score (nSPS) is 10.7. The van der Waals surface area contributed by atoms with Crippen LogP contribution in [-0.2, 0) is 52.9 Å². The SMILES string of the molecule is COCCOCCOCCOCCOC(=O)OC[n+]1ccc(CC(=O)N(Cc2ccccc2)c2ccc3ccccc3c2)cc1.[Cl-]. The molecule has 0 spiro atoms. The van der Waals surface area contributed by atoms with E-state index in [4.69, 9.17) is 28.4 Å². The molecule has 1 amide bonds. The summed E-state index contributed by atoms with van der Waals surface area (Å²) in [6, 6.07) is 27.8. The summed E-state index contributed by atoms with van der Waals surface area (Å²) in [5, 5.41) is 2.20. The zero-order chi connectivity index (χ0) is 31.5. The first kappa shape index (κ1) is 36.4. The largest absolute Gasteiger partial charge is 1.00 e. The molecule has 0 N–H and O–H groups in total. The Morgan fingerprint density at radius 3 is 1.93 bits per heavy atom. The predicted molar refractivity (Wildman–Crippen MR) is 169 cm³/mol. The average molecular weight is 653 g/mol. The number of carbonyl (C=O) groups excluding carboxylic acids is 2. The van der Waals surface area contributed by atoms with Gasteiger partial charge in [-0.2, -0.15) is 4.57 Å². The molecule has 0 aliphatic carbocycles. The second-order valence-corrected chi connectivity index (χ2v) is 10.1. The first-order chi connectivity index (χ1) is 22.1. The number of pyridine rings is 1. The molecule has 0 aliphatic heterocycles. The maximum absolute atomic E-state index is 13.6. The number of halogens is 1. The number of amides is 1. The van der Waals surface area contributed by atoms with Crippen LogP contribution >= 0.6 is 0 Å². The number of anilines is 1. The Morgan fingerprint density at radius 2 is 1.26 bits per heavy atom. The number of hydrogen-bond donors (Lipinski definition) is 0. The van der Waals surface area contributed by atoms with Gasteiger partial charge < -0.3 is 45.7 Å². The number of carbonyl (C=O) groups is 2. The molecule has 46 heavy (non-hydrogen) atoms. The topological polar surface area (TPSA) is 96.6 Å². The van der Waals surface area contributed by atoms with Gasteiger partial charge in [0.15, 0.2) is 12.4 Å². The maximum atomic E-state index is 13.6. The highest BCUT2D eigenvalue weighted by molar-refractivity contribution is 5.97. The molecule has 0 fully saturated rings. The van der Waals surface area contributed by atoms with Crippen LogP contribution < -0.4 is 21.9 Å². The monoisotopic (exact) mass is 652 g/mol. The highest BCUT2D eigenvalue weighted by Crippen LogP contribution is 2.24. The number of rotatable bonds is 19. The number of ether oxygens (including phenoxy) is 6. The van der Waals surface area contributed by atoms with Gasteiger partial charge in [0.1, 0.15) is 6.61 Å². The van der Waals surface area contributed by atoms with E-state index in [1.54, 1.807) is 24.1 Å². The van der Waals surface area contributed by atoms with Gasteiger partial charge in [-0.25, -0.2) is 4.79 Å². The molecule has 0 saturated carbocycles. The third-order valence-corrected chi connectivity index (χ3v) is 6.80. The lowest BCUT2D eigenvalue weighted by Gasteiger charge is -2.24. The van der Waals surface area contributed by atoms with Gasteiger partial charge in [-0.05, 0) is 34.0 Å². The van der Waals surface area contributed by atoms with Crippen molar-refractivity contribution in [1.29, 1.82) is 0 Å². The van der Waals surface area contributed by atoms with E-state index in [2.05, 4.69) is 12.1 Å². The van der Waals surface area contributed by atoms with Gasteiger partial charge in [0.05, 0.1) is 59.2 Å². The van der Waals surface area contributed by atoms with Crippen molar-refractivity contribution in [2.24, 2.45) is 0 Å². The quantitative estimate of drug-likeness (QED) is 0.0859. The summed E-state index contributed by atoms with van der Waals surface area (Å²) in [5.74, 6) is -0.0209. The van der Waals surface area contributed by atoms with Crippen LogP contribution in [0.2, 0.25) is 0 Å². The van der Waals surface area contributed by atoms with Crippen molar-refractivity contribution in [3.63, 3.8) is 0 Å². The molecule has 1 aromatic heterocycles. The van der Waals surface area contributed by atoms with E-state index in [9.17, 15) is 9.59 Å². The molecule has 0 radical (unpaired) electrons. The van der Waals surface area contributed by atoms with Crippen molar-refractivity contribution in [1.82, 2.24) is 0 Å². The second-order valence-electron chi connectivity index (χ2n) is 10.1. The molecule has 11 heteroatoms. The van der Waals surface area contributed by atoms with Gasteiger partial charge in [0.25, 0.3) is 6.73 Å². The molecular weight excluding hydrogens is 612 g/mol. The molecule has 0 unspecified atom stereocenters. The number of methoxy groups -OCH3 is 1. The molecule has 0 bridgehead atoms. The summed E-state index contributed by atoms with van der Waals surface area (Å²) in [6.07, 6.45) is 2.95. The van der Waals surface area contributed by atoms with Crippen molar-refractivity contribution >= 4 is 28.5 Å². The molecule has 10 nitrogen and oxygen atoms in total. The smallest absolute Gasteiger partial charge is 0.513 e. The lowest BCUT2D eigenvalue weighted by Crippen LogP contribution is -3.00. The highest BCUT2D eigenvalue weighted by Gasteiger charge is 2.18. The summed E-state index contributed by atoms with van der Waals surface area (Å²) in [4.78, 5) is 27.4. The lowest BCUT2D eigenvalue weighted by molar-refractivity contribution is -0.727. The van der Waals surface area contributed by atoms with Crippen molar-refractivity contribution in [3.8, 4) is 0 Å². The van der Waals surface area contributed by atoms with Gasteiger partial charge >= 0.3 is 6.16 Å². The van der Waals surface area contributed by atoms with Gasteiger partial charge in [0, 0.05) is 24.9 Å². The van der Waals surface area contributed by atoms with Crippen LogP contribution in [-0.4, -0.2) is 72.0 Å². The van der Waals surface area contributed by atoms with E-state index in [-0.39, 0.29) is 44.7 Å². The zero-order valence-electron chi connectivity index (χ0n) is 26.1. The molecule has 0 atom stereocenters. The van der Waals surface area contributed by atoms with E-state index < -0.39 is 6.16 Å². The maximum Gasteiger partial charge on any atom is 0.513 e. The standard InChI is InChI=1S/C35H41N2O8.ClH/c1-40-17-18-41-19-20-42-21-22-43-23-24-44-35(39)45-28-36-15-13-29(14-16-36)25-34(38)37(27-30-7-3-2-4-8-30)33-12-11-31-9-5-6-10-32(31)26-33;/h2-16,26H,17-25,27-28H2,1H3;1H/q+1;/p-1. The minimum atomic E-state index is -0.790. The average Bonchev–Trinajstić information content (AvgIpc) is 3.07. The van der Waals surface area contributed by atoms with E-state index in [0.717, 1.165) is 27.6 Å². The molecule has 3 aromatic carbocycles. The summed E-state index contributed by atoms with van der Waals surface area (Å²) >= 11 is 0. The highest BCUT2D eigenvalue weighted by atomic mass is 35.5. The molecule has 4 aromatic rings. The van der Waals surface area contributed by atoms with Crippen LogP contribution in [0.25, 0.3) is 10.8 Å². The summed E-state index contributed by atoms with van der Waals surface area (Å²) < 4.78 is 32.9. The first-order valence-corrected chi connectivity index (χ1v) is 14.9. The zero-order valence-corrected chi connectivity index (χ0v) is 26.8. The number of hydrogen-bond acceptors (Lipinski definition) is 8.